The predicted molar refractivity (Wildman–Crippen MR) is 169 cm³/mol. The number of benzene rings is 1. The van der Waals surface area contributed by atoms with Crippen LogP contribution in [0.4, 0.5) is 0 Å². The maximum absolute atomic E-state index is 15.4. The van der Waals surface area contributed by atoms with E-state index in [1.807, 2.05) is 6.92 Å². The smallest absolute Gasteiger partial charge is 0.338 e. The Hall–Kier alpha value is -4.10. The maximum atomic E-state index is 15.4. The van der Waals surface area contributed by atoms with Crippen molar-refractivity contribution in [3.8, 4) is 0 Å². The number of ether oxygens (including phenoxy) is 6. The van der Waals surface area contributed by atoms with Crippen LogP contribution in [0.25, 0.3) is 0 Å². The summed E-state index contributed by atoms with van der Waals surface area (Å²) in [6.45, 7) is 12.6. The number of Topliss-reactive ketones (excluding diaryl/α,β-unsaturated/α-hetero) is 1. The maximum Gasteiger partial charge on any atom is 0.338 e. The van der Waals surface area contributed by atoms with E-state index >= 15 is 4.79 Å². The average molecular weight is 685 g/mol. The third-order valence-corrected chi connectivity index (χ3v) is 11.0. The summed E-state index contributed by atoms with van der Waals surface area (Å²) >= 11 is 0. The van der Waals surface area contributed by atoms with E-state index in [0.717, 1.165) is 12.5 Å². The van der Waals surface area contributed by atoms with Crippen LogP contribution < -0.4 is 0 Å². The molecule has 266 valence electrons. The van der Waals surface area contributed by atoms with Gasteiger partial charge in [-0.15, -0.1) is 0 Å². The summed E-state index contributed by atoms with van der Waals surface area (Å²) in [5.74, 6) is -6.03. The molecule has 1 aromatic rings. The molecule has 3 aliphatic carbocycles. The molecule has 2 bridgehead atoms. The van der Waals surface area contributed by atoms with Gasteiger partial charge in [-0.3, -0.25) is 24.0 Å². The normalized spacial score (nSPS) is 36.0. The molecule has 9 atom stereocenters. The molecule has 4 aliphatic rings. The van der Waals surface area contributed by atoms with Gasteiger partial charge in [0.2, 0.25) is 0 Å². The van der Waals surface area contributed by atoms with Crippen molar-refractivity contribution in [2.45, 2.75) is 117 Å². The number of fused-ring (bicyclic) bond motifs is 5. The highest BCUT2D eigenvalue weighted by atomic mass is 16.6. The molecule has 49 heavy (non-hydrogen) atoms. The van der Waals surface area contributed by atoms with Crippen LogP contribution in [-0.4, -0.2) is 89.1 Å². The van der Waals surface area contributed by atoms with Gasteiger partial charge >= 0.3 is 29.8 Å². The predicted octanol–water partition coefficient (Wildman–Crippen LogP) is 3.10. The molecule has 1 aliphatic heterocycles. The first-order valence-corrected chi connectivity index (χ1v) is 16.3. The monoisotopic (exact) mass is 684 g/mol. The van der Waals surface area contributed by atoms with Crippen molar-refractivity contribution in [3.63, 3.8) is 0 Å². The van der Waals surface area contributed by atoms with Gasteiger partial charge in [0.05, 0.1) is 23.5 Å². The quantitative estimate of drug-likeness (QED) is 0.263. The zero-order valence-corrected chi connectivity index (χ0v) is 29.2. The number of hydrogen-bond acceptors (Lipinski definition) is 13. The Bertz CT molecular complexity index is 1630. The Morgan fingerprint density at radius 3 is 1.94 bits per heavy atom. The minimum absolute atomic E-state index is 0.104. The molecule has 0 amide bonds. The third kappa shape index (κ3) is 5.64. The Morgan fingerprint density at radius 2 is 1.43 bits per heavy atom. The van der Waals surface area contributed by atoms with Gasteiger partial charge in [-0.1, -0.05) is 31.5 Å². The standard InChI is InChI=1S/C36H44O13/c1-17-10-12-23(13-11-17)32(42)48-31-29-34(9,25(46-20(4)38)14-26-35(29,16-44-26)49-22(6)40)30(41)28(47-21(5)39)27-18(2)24(45-19(3)37)15-36(31,43)33(27,7)8/h10-13,24-26,28-29,31,43H,14-16H2,1-9H3/t24-,25-,26+,28+,29-,31-,34+,35-,36+/m0/s1. The minimum Gasteiger partial charge on any atom is -0.461 e. The molecular formula is C36H44O13. The Morgan fingerprint density at radius 1 is 0.837 bits per heavy atom. The van der Waals surface area contributed by atoms with E-state index in [9.17, 15) is 29.1 Å². The second-order valence-corrected chi connectivity index (χ2v) is 14.4. The molecule has 13 heteroatoms. The first-order chi connectivity index (χ1) is 22.7. The molecule has 3 fully saturated rings. The van der Waals surface area contributed by atoms with Gasteiger partial charge in [0.15, 0.2) is 17.5 Å². The lowest BCUT2D eigenvalue weighted by Crippen LogP contribution is -2.82. The van der Waals surface area contributed by atoms with Crippen LogP contribution in [0.5, 0.6) is 0 Å². The lowest BCUT2D eigenvalue weighted by Gasteiger charge is -2.67. The number of aliphatic hydroxyl groups is 1. The van der Waals surface area contributed by atoms with Crippen molar-refractivity contribution in [3.05, 3.63) is 46.5 Å². The van der Waals surface area contributed by atoms with Gasteiger partial charge in [0.1, 0.15) is 30.0 Å². The summed E-state index contributed by atoms with van der Waals surface area (Å²) in [4.78, 5) is 80.1. The number of aryl methyl sites for hydroxylation is 1. The molecule has 0 spiro atoms. The average Bonchev–Trinajstić information content (AvgIpc) is 2.97. The molecule has 2 saturated carbocycles. The Balaban J connectivity index is 1.89. The molecule has 1 saturated heterocycles. The molecule has 1 heterocycles. The Labute approximate surface area is 284 Å². The zero-order chi connectivity index (χ0) is 36.4. The summed E-state index contributed by atoms with van der Waals surface area (Å²) in [6, 6.07) is 6.52. The molecule has 1 N–H and O–H groups in total. The van der Waals surface area contributed by atoms with Crippen molar-refractivity contribution in [2.24, 2.45) is 16.7 Å². The van der Waals surface area contributed by atoms with Gasteiger partial charge < -0.3 is 33.5 Å². The van der Waals surface area contributed by atoms with Crippen LogP contribution >= 0.6 is 0 Å². The molecule has 1 aromatic carbocycles. The van der Waals surface area contributed by atoms with E-state index in [1.165, 1.54) is 27.7 Å². The SMILES string of the molecule is CC(=O)O[C@H]1C(=O)[C@]2(C)[C@@H](OC(C)=O)C[C@H]3OC[C@@]3(OC(C)=O)[C@H]2[C@H](OC(=O)c2ccc(C)cc2)[C@]2(O)C[C@H](OC(C)=O)C(C)=C1C2(C)C. The molecular weight excluding hydrogens is 640 g/mol. The molecule has 13 nitrogen and oxygen atoms in total. The van der Waals surface area contributed by atoms with Crippen LogP contribution in [0.15, 0.2) is 35.4 Å². The summed E-state index contributed by atoms with van der Waals surface area (Å²) in [6.07, 6.45) is -7.16. The number of esters is 5. The van der Waals surface area contributed by atoms with E-state index in [2.05, 4.69) is 0 Å². The van der Waals surface area contributed by atoms with Crippen LogP contribution in [0.3, 0.4) is 0 Å². The molecule has 0 aromatic heterocycles. The number of rotatable bonds is 6. The summed E-state index contributed by atoms with van der Waals surface area (Å²) in [5.41, 5.74) is -5.82. The van der Waals surface area contributed by atoms with E-state index in [4.69, 9.17) is 28.4 Å². The van der Waals surface area contributed by atoms with Gasteiger partial charge in [-0.2, -0.15) is 0 Å². The largest absolute Gasteiger partial charge is 0.461 e. The number of carbonyl (C=O) groups excluding carboxylic acids is 6. The van der Waals surface area contributed by atoms with Crippen molar-refractivity contribution >= 4 is 35.6 Å². The van der Waals surface area contributed by atoms with E-state index in [-0.39, 0.29) is 30.6 Å². The summed E-state index contributed by atoms with van der Waals surface area (Å²) in [5, 5.41) is 13.3. The highest BCUT2D eigenvalue weighted by Gasteiger charge is 2.79. The fourth-order valence-corrected chi connectivity index (χ4v) is 8.68. The van der Waals surface area contributed by atoms with Crippen LogP contribution in [0.1, 0.15) is 84.2 Å². The fraction of sp³-hybridized carbons (Fsp3) is 0.611. The number of ketones is 1. The molecule has 0 radical (unpaired) electrons. The van der Waals surface area contributed by atoms with Crippen LogP contribution in [-0.2, 0) is 52.4 Å². The van der Waals surface area contributed by atoms with Crippen LogP contribution in [0, 0.1) is 23.7 Å². The van der Waals surface area contributed by atoms with Gasteiger partial charge in [0, 0.05) is 46.0 Å². The second kappa shape index (κ2) is 12.3. The molecule has 5 rings (SSSR count). The second-order valence-electron chi connectivity index (χ2n) is 14.4. The summed E-state index contributed by atoms with van der Waals surface area (Å²) in [7, 11) is 0. The zero-order valence-electron chi connectivity index (χ0n) is 29.2. The number of carbonyl (C=O) groups is 6. The van der Waals surface area contributed by atoms with Gasteiger partial charge in [-0.25, -0.2) is 4.79 Å². The Kier molecular flexibility index (Phi) is 9.12. The lowest BCUT2D eigenvalue weighted by molar-refractivity contribution is -0.346. The number of hydrogen-bond donors (Lipinski definition) is 1. The van der Waals surface area contributed by atoms with Crippen molar-refractivity contribution in [1.82, 2.24) is 0 Å². The van der Waals surface area contributed by atoms with Gasteiger partial charge in [-0.05, 0) is 44.1 Å². The van der Waals surface area contributed by atoms with Crippen LogP contribution in [0.2, 0.25) is 0 Å². The first-order valence-electron chi connectivity index (χ1n) is 16.3. The topological polar surface area (TPSA) is 178 Å². The van der Waals surface area contributed by atoms with Crippen molar-refractivity contribution in [2.75, 3.05) is 6.61 Å². The first kappa shape index (κ1) is 36.2. The minimum atomic E-state index is -2.20. The van der Waals surface area contributed by atoms with Gasteiger partial charge in [0.25, 0.3) is 0 Å². The van der Waals surface area contributed by atoms with E-state index < -0.39 is 94.1 Å². The third-order valence-electron chi connectivity index (χ3n) is 11.0. The van der Waals surface area contributed by atoms with E-state index in [0.29, 0.717) is 5.57 Å². The van der Waals surface area contributed by atoms with Crippen molar-refractivity contribution < 1.29 is 62.3 Å². The molecule has 0 unspecified atom stereocenters. The highest BCUT2D eigenvalue weighted by Crippen LogP contribution is 2.65. The van der Waals surface area contributed by atoms with E-state index in [1.54, 1.807) is 45.0 Å². The highest BCUT2D eigenvalue weighted by molar-refractivity contribution is 5.96. The fourth-order valence-electron chi connectivity index (χ4n) is 8.68. The van der Waals surface area contributed by atoms with Crippen molar-refractivity contribution in [1.29, 1.82) is 0 Å². The lowest BCUT2D eigenvalue weighted by atomic mass is 9.44. The summed E-state index contributed by atoms with van der Waals surface area (Å²) < 4.78 is 35.7.